The quantitative estimate of drug-likeness (QED) is 0.622. The molecule has 0 aliphatic carbocycles. The summed E-state index contributed by atoms with van der Waals surface area (Å²) in [6.07, 6.45) is 3.23. The fourth-order valence-corrected chi connectivity index (χ4v) is 3.41. The number of hydrogen-bond donors (Lipinski definition) is 2. The molecule has 1 aliphatic rings. The number of ether oxygens (including phenoxy) is 2. The molecule has 1 atom stereocenters. The average molecular weight is 414 g/mol. The zero-order chi connectivity index (χ0) is 21.2. The van der Waals surface area contributed by atoms with Gasteiger partial charge in [0.15, 0.2) is 0 Å². The molecule has 0 unspecified atom stereocenters. The molecule has 1 amide bonds. The van der Waals surface area contributed by atoms with E-state index in [0.29, 0.717) is 12.2 Å². The molecule has 162 valence electrons. The number of aliphatic hydroxyl groups is 1. The van der Waals surface area contributed by atoms with Gasteiger partial charge in [-0.3, -0.25) is 14.7 Å². The standard InChI is InChI=1S/C23H31N3O4/c1-2-29-17-20(27)15-25-23(28)18-6-8-21(9-7-18)30-22-10-13-26(14-11-22)16-19-5-3-4-12-24-19/h3-9,12,20,22,27H,2,10-11,13-17H2,1H3,(H,25,28)/t20-/m0/s1. The highest BCUT2D eigenvalue weighted by molar-refractivity contribution is 5.94. The third-order valence-corrected chi connectivity index (χ3v) is 5.08. The number of hydrogen-bond acceptors (Lipinski definition) is 6. The maximum absolute atomic E-state index is 12.2. The van der Waals surface area contributed by atoms with Gasteiger partial charge in [0.1, 0.15) is 11.9 Å². The summed E-state index contributed by atoms with van der Waals surface area (Å²) >= 11 is 0. The number of nitrogens with one attached hydrogen (secondary N) is 1. The molecule has 1 aliphatic heterocycles. The smallest absolute Gasteiger partial charge is 0.251 e. The number of rotatable bonds is 10. The van der Waals surface area contributed by atoms with Gasteiger partial charge < -0.3 is 19.9 Å². The van der Waals surface area contributed by atoms with Crippen molar-refractivity contribution in [2.45, 2.75) is 38.5 Å². The van der Waals surface area contributed by atoms with Gasteiger partial charge >= 0.3 is 0 Å². The fourth-order valence-electron chi connectivity index (χ4n) is 3.41. The van der Waals surface area contributed by atoms with E-state index < -0.39 is 6.10 Å². The number of benzene rings is 1. The number of amides is 1. The Kier molecular flexibility index (Phi) is 8.62. The number of pyridine rings is 1. The predicted octanol–water partition coefficient (Wildman–Crippen LogP) is 2.25. The lowest BCUT2D eigenvalue weighted by atomic mass is 10.1. The van der Waals surface area contributed by atoms with Crippen LogP contribution in [0, 0.1) is 0 Å². The maximum atomic E-state index is 12.2. The van der Waals surface area contributed by atoms with Gasteiger partial charge in [0.2, 0.25) is 0 Å². The second-order valence-electron chi connectivity index (χ2n) is 7.46. The van der Waals surface area contributed by atoms with Gasteiger partial charge in [-0.25, -0.2) is 0 Å². The summed E-state index contributed by atoms with van der Waals surface area (Å²) in [4.78, 5) is 19.0. The van der Waals surface area contributed by atoms with Crippen LogP contribution in [-0.4, -0.2) is 66.0 Å². The van der Waals surface area contributed by atoms with E-state index in [2.05, 4.69) is 21.3 Å². The van der Waals surface area contributed by atoms with Crippen molar-refractivity contribution >= 4 is 5.91 Å². The lowest BCUT2D eigenvalue weighted by molar-refractivity contribution is 0.0418. The van der Waals surface area contributed by atoms with E-state index in [0.717, 1.165) is 43.9 Å². The minimum Gasteiger partial charge on any atom is -0.490 e. The molecule has 1 saturated heterocycles. The van der Waals surface area contributed by atoms with E-state index in [1.165, 1.54) is 0 Å². The van der Waals surface area contributed by atoms with E-state index in [9.17, 15) is 9.90 Å². The summed E-state index contributed by atoms with van der Waals surface area (Å²) in [7, 11) is 0. The molecule has 2 aromatic rings. The van der Waals surface area contributed by atoms with Gasteiger partial charge in [0, 0.05) is 44.5 Å². The van der Waals surface area contributed by atoms with E-state index in [1.807, 2.05) is 37.4 Å². The first-order chi connectivity index (χ1) is 14.6. The highest BCUT2D eigenvalue weighted by Gasteiger charge is 2.21. The van der Waals surface area contributed by atoms with Crippen LogP contribution < -0.4 is 10.1 Å². The van der Waals surface area contributed by atoms with Gasteiger partial charge in [-0.2, -0.15) is 0 Å². The first kappa shape index (κ1) is 22.2. The molecule has 0 spiro atoms. The fraction of sp³-hybridized carbons (Fsp3) is 0.478. The SMILES string of the molecule is CCOC[C@@H](O)CNC(=O)c1ccc(OC2CCN(Cc3ccccn3)CC2)cc1. The Morgan fingerprint density at radius 2 is 2.00 bits per heavy atom. The van der Waals surface area contributed by atoms with E-state index in [-0.39, 0.29) is 25.2 Å². The Morgan fingerprint density at radius 1 is 1.23 bits per heavy atom. The Bertz CT molecular complexity index is 762. The summed E-state index contributed by atoms with van der Waals surface area (Å²) in [5.74, 6) is 0.547. The molecule has 7 nitrogen and oxygen atoms in total. The Hall–Kier alpha value is -2.48. The minimum absolute atomic E-state index is 0.161. The number of carbonyl (C=O) groups is 1. The number of likely N-dealkylation sites (tertiary alicyclic amines) is 1. The lowest BCUT2D eigenvalue weighted by Gasteiger charge is -2.31. The summed E-state index contributed by atoms with van der Waals surface area (Å²) in [5.41, 5.74) is 1.63. The first-order valence-electron chi connectivity index (χ1n) is 10.6. The van der Waals surface area contributed by atoms with Crippen LogP contribution in [0.5, 0.6) is 5.75 Å². The van der Waals surface area contributed by atoms with Gasteiger partial charge in [-0.05, 0) is 56.2 Å². The lowest BCUT2D eigenvalue weighted by Crippen LogP contribution is -2.38. The second-order valence-corrected chi connectivity index (χ2v) is 7.46. The average Bonchev–Trinajstić information content (AvgIpc) is 2.78. The van der Waals surface area contributed by atoms with E-state index >= 15 is 0 Å². The molecule has 0 bridgehead atoms. The summed E-state index contributed by atoms with van der Waals surface area (Å²) in [5, 5.41) is 12.4. The zero-order valence-electron chi connectivity index (χ0n) is 17.5. The Balaban J connectivity index is 1.40. The molecule has 3 rings (SSSR count). The van der Waals surface area contributed by atoms with Crippen molar-refractivity contribution in [1.82, 2.24) is 15.2 Å². The van der Waals surface area contributed by atoms with Crippen molar-refractivity contribution in [3.05, 3.63) is 59.9 Å². The molecule has 1 aromatic carbocycles. The van der Waals surface area contributed by atoms with Crippen molar-refractivity contribution in [3.63, 3.8) is 0 Å². The zero-order valence-corrected chi connectivity index (χ0v) is 17.5. The normalized spacial score (nSPS) is 16.2. The molecular weight excluding hydrogens is 382 g/mol. The van der Waals surface area contributed by atoms with Crippen molar-refractivity contribution < 1.29 is 19.4 Å². The molecule has 1 fully saturated rings. The van der Waals surface area contributed by atoms with E-state index in [4.69, 9.17) is 9.47 Å². The molecule has 7 heteroatoms. The van der Waals surface area contributed by atoms with Crippen molar-refractivity contribution in [1.29, 1.82) is 0 Å². The van der Waals surface area contributed by atoms with Crippen LogP contribution in [0.15, 0.2) is 48.7 Å². The molecule has 2 N–H and O–H groups in total. The Labute approximate surface area is 178 Å². The maximum Gasteiger partial charge on any atom is 0.251 e. The molecule has 0 saturated carbocycles. The summed E-state index contributed by atoms with van der Waals surface area (Å²) in [6.45, 7) is 5.60. The third kappa shape index (κ3) is 7.09. The molecule has 1 aromatic heterocycles. The minimum atomic E-state index is -0.708. The first-order valence-corrected chi connectivity index (χ1v) is 10.6. The number of piperidine rings is 1. The molecule has 30 heavy (non-hydrogen) atoms. The van der Waals surface area contributed by atoms with Crippen molar-refractivity contribution in [2.24, 2.45) is 0 Å². The van der Waals surface area contributed by atoms with Gasteiger partial charge in [0.05, 0.1) is 18.4 Å². The van der Waals surface area contributed by atoms with Crippen LogP contribution in [0.1, 0.15) is 35.8 Å². The van der Waals surface area contributed by atoms with Crippen LogP contribution in [0.3, 0.4) is 0 Å². The van der Waals surface area contributed by atoms with Crippen molar-refractivity contribution in [2.75, 3.05) is 32.8 Å². The molecular formula is C23H31N3O4. The monoisotopic (exact) mass is 413 g/mol. The number of aliphatic hydroxyl groups excluding tert-OH is 1. The number of nitrogens with zero attached hydrogens (tertiary/aromatic N) is 2. The topological polar surface area (TPSA) is 83.9 Å². The number of carbonyl (C=O) groups excluding carboxylic acids is 1. The predicted molar refractivity (Wildman–Crippen MR) is 114 cm³/mol. The van der Waals surface area contributed by atoms with Crippen molar-refractivity contribution in [3.8, 4) is 5.75 Å². The highest BCUT2D eigenvalue weighted by atomic mass is 16.5. The van der Waals surface area contributed by atoms with Gasteiger partial charge in [-0.15, -0.1) is 0 Å². The third-order valence-electron chi connectivity index (χ3n) is 5.08. The Morgan fingerprint density at radius 3 is 2.67 bits per heavy atom. The van der Waals surface area contributed by atoms with Crippen LogP contribution in [0.2, 0.25) is 0 Å². The highest BCUT2D eigenvalue weighted by Crippen LogP contribution is 2.20. The van der Waals surface area contributed by atoms with Crippen LogP contribution in [-0.2, 0) is 11.3 Å². The number of aromatic nitrogens is 1. The summed E-state index contributed by atoms with van der Waals surface area (Å²) < 4.78 is 11.2. The molecule has 2 heterocycles. The molecule has 0 radical (unpaired) electrons. The van der Waals surface area contributed by atoms with Gasteiger partial charge in [0.25, 0.3) is 5.91 Å². The van der Waals surface area contributed by atoms with Crippen LogP contribution in [0.25, 0.3) is 0 Å². The summed E-state index contributed by atoms with van der Waals surface area (Å²) in [6, 6.07) is 13.2. The van der Waals surface area contributed by atoms with Crippen LogP contribution in [0.4, 0.5) is 0 Å². The van der Waals surface area contributed by atoms with Crippen LogP contribution >= 0.6 is 0 Å². The van der Waals surface area contributed by atoms with E-state index in [1.54, 1.807) is 12.1 Å². The van der Waals surface area contributed by atoms with Gasteiger partial charge in [-0.1, -0.05) is 6.07 Å². The largest absolute Gasteiger partial charge is 0.490 e. The second kappa shape index (κ2) is 11.6.